The number of rotatable bonds is 4. The van der Waals surface area contributed by atoms with Crippen molar-refractivity contribution >= 4 is 29.0 Å². The lowest BCUT2D eigenvalue weighted by Crippen LogP contribution is -2.12. The van der Waals surface area contributed by atoms with Gasteiger partial charge in [-0.25, -0.2) is 0 Å². The molecule has 1 amide bonds. The van der Waals surface area contributed by atoms with Crippen LogP contribution in [0.15, 0.2) is 34.7 Å². The molecule has 1 aromatic heterocycles. The number of hydrogen-bond acceptors (Lipinski definition) is 3. The van der Waals surface area contributed by atoms with Gasteiger partial charge in [0, 0.05) is 12.0 Å². The second-order valence-corrected chi connectivity index (χ2v) is 4.74. The molecule has 0 aliphatic rings. The molecule has 0 aliphatic heterocycles. The highest BCUT2D eigenvalue weighted by Gasteiger charge is 2.13. The lowest BCUT2D eigenvalue weighted by molar-refractivity contribution is 0.0981. The number of halogens is 1. The van der Waals surface area contributed by atoms with Crippen molar-refractivity contribution in [1.82, 2.24) is 0 Å². The first-order valence-corrected chi connectivity index (χ1v) is 6.59. The summed E-state index contributed by atoms with van der Waals surface area (Å²) in [5.41, 5.74) is 0.910. The Morgan fingerprint density at radius 1 is 1.25 bits per heavy atom. The SMILES string of the molecule is CCC(=O)c1ccc(Cl)c(NC(=O)c2ccc(C)o2)c1. The summed E-state index contributed by atoms with van der Waals surface area (Å²) < 4.78 is 5.23. The van der Waals surface area contributed by atoms with Gasteiger partial charge in [0.05, 0.1) is 10.7 Å². The summed E-state index contributed by atoms with van der Waals surface area (Å²) in [6.07, 6.45) is 0.395. The van der Waals surface area contributed by atoms with Gasteiger partial charge in [0.2, 0.25) is 0 Å². The highest BCUT2D eigenvalue weighted by atomic mass is 35.5. The highest BCUT2D eigenvalue weighted by molar-refractivity contribution is 6.34. The van der Waals surface area contributed by atoms with E-state index in [4.69, 9.17) is 16.0 Å². The maximum atomic E-state index is 12.0. The first kappa shape index (κ1) is 14.3. The van der Waals surface area contributed by atoms with Gasteiger partial charge in [-0.05, 0) is 37.3 Å². The molecular formula is C15H14ClNO3. The van der Waals surface area contributed by atoms with Gasteiger partial charge in [0.1, 0.15) is 5.76 Å². The Morgan fingerprint density at radius 3 is 2.60 bits per heavy atom. The van der Waals surface area contributed by atoms with Crippen molar-refractivity contribution in [2.24, 2.45) is 0 Å². The largest absolute Gasteiger partial charge is 0.456 e. The van der Waals surface area contributed by atoms with Gasteiger partial charge in [0.25, 0.3) is 5.91 Å². The number of amides is 1. The average molecular weight is 292 g/mol. The molecule has 0 fully saturated rings. The van der Waals surface area contributed by atoms with Crippen LogP contribution in [0, 0.1) is 6.92 Å². The van der Waals surface area contributed by atoms with Gasteiger partial charge in [-0.3, -0.25) is 9.59 Å². The van der Waals surface area contributed by atoms with Crippen molar-refractivity contribution in [2.75, 3.05) is 5.32 Å². The minimum atomic E-state index is -0.402. The maximum Gasteiger partial charge on any atom is 0.291 e. The Kier molecular flexibility index (Phi) is 4.25. The van der Waals surface area contributed by atoms with Crippen molar-refractivity contribution in [2.45, 2.75) is 20.3 Å². The Labute approximate surface area is 121 Å². The molecule has 0 spiro atoms. The van der Waals surface area contributed by atoms with E-state index in [1.165, 1.54) is 0 Å². The van der Waals surface area contributed by atoms with Gasteiger partial charge in [-0.1, -0.05) is 18.5 Å². The van der Waals surface area contributed by atoms with E-state index in [-0.39, 0.29) is 11.5 Å². The molecule has 0 saturated carbocycles. The predicted octanol–water partition coefficient (Wildman–Crippen LogP) is 4.09. The number of carbonyl (C=O) groups excluding carboxylic acids is 2. The zero-order chi connectivity index (χ0) is 14.7. The standard InChI is InChI=1S/C15H14ClNO3/c1-3-13(18)10-5-6-11(16)12(8-10)17-15(19)14-7-4-9(2)20-14/h4-8H,3H2,1-2H3,(H,17,19). The molecule has 1 aromatic carbocycles. The number of Topliss-reactive ketones (excluding diaryl/α,β-unsaturated/α-hetero) is 1. The first-order chi connectivity index (χ1) is 9.51. The van der Waals surface area contributed by atoms with Crippen LogP contribution >= 0.6 is 11.6 Å². The zero-order valence-electron chi connectivity index (χ0n) is 11.2. The van der Waals surface area contributed by atoms with E-state index in [2.05, 4.69) is 5.32 Å². The number of ketones is 1. The van der Waals surface area contributed by atoms with Gasteiger partial charge < -0.3 is 9.73 Å². The average Bonchev–Trinajstić information content (AvgIpc) is 2.87. The smallest absolute Gasteiger partial charge is 0.291 e. The fourth-order valence-electron chi connectivity index (χ4n) is 1.74. The fourth-order valence-corrected chi connectivity index (χ4v) is 1.90. The molecule has 1 N–H and O–H groups in total. The van der Waals surface area contributed by atoms with Gasteiger partial charge >= 0.3 is 0 Å². The van der Waals surface area contributed by atoms with Gasteiger partial charge in [-0.15, -0.1) is 0 Å². The third kappa shape index (κ3) is 3.08. The molecule has 20 heavy (non-hydrogen) atoms. The number of furan rings is 1. The van der Waals surface area contributed by atoms with Gasteiger partial charge in [-0.2, -0.15) is 0 Å². The Hall–Kier alpha value is -2.07. The molecule has 0 aliphatic carbocycles. The molecule has 0 atom stereocenters. The van der Waals surface area contributed by atoms with Crippen molar-refractivity contribution in [3.63, 3.8) is 0 Å². The number of nitrogens with one attached hydrogen (secondary N) is 1. The summed E-state index contributed by atoms with van der Waals surface area (Å²) in [5.74, 6) is 0.439. The number of aryl methyl sites for hydroxylation is 1. The lowest BCUT2D eigenvalue weighted by atomic mass is 10.1. The van der Waals surface area contributed by atoms with Crippen LogP contribution in [0.3, 0.4) is 0 Å². The van der Waals surface area contributed by atoms with Crippen LogP contribution in [-0.2, 0) is 0 Å². The molecule has 2 rings (SSSR count). The summed E-state index contributed by atoms with van der Waals surface area (Å²) in [7, 11) is 0. The van der Waals surface area contributed by atoms with E-state index in [1.54, 1.807) is 44.2 Å². The summed E-state index contributed by atoms with van der Waals surface area (Å²) in [6, 6.07) is 8.09. The van der Waals surface area contributed by atoms with Crippen LogP contribution in [0.2, 0.25) is 5.02 Å². The van der Waals surface area contributed by atoms with E-state index in [0.29, 0.717) is 28.5 Å². The first-order valence-electron chi connectivity index (χ1n) is 6.21. The van der Waals surface area contributed by atoms with Crippen molar-refractivity contribution in [3.8, 4) is 0 Å². The molecule has 5 heteroatoms. The second kappa shape index (κ2) is 5.92. The van der Waals surface area contributed by atoms with Crippen LogP contribution < -0.4 is 5.32 Å². The van der Waals surface area contributed by atoms with Crippen LogP contribution in [0.4, 0.5) is 5.69 Å². The van der Waals surface area contributed by atoms with Crippen LogP contribution in [0.1, 0.15) is 40.0 Å². The molecule has 0 radical (unpaired) electrons. The van der Waals surface area contributed by atoms with Crippen molar-refractivity contribution < 1.29 is 14.0 Å². The molecule has 0 bridgehead atoms. The van der Waals surface area contributed by atoms with E-state index in [1.807, 2.05) is 0 Å². The number of anilines is 1. The van der Waals surface area contributed by atoms with E-state index in [9.17, 15) is 9.59 Å². The number of carbonyl (C=O) groups is 2. The lowest BCUT2D eigenvalue weighted by Gasteiger charge is -2.07. The molecular weight excluding hydrogens is 278 g/mol. The monoisotopic (exact) mass is 291 g/mol. The highest BCUT2D eigenvalue weighted by Crippen LogP contribution is 2.24. The normalized spacial score (nSPS) is 10.3. The number of hydrogen-bond donors (Lipinski definition) is 1. The van der Waals surface area contributed by atoms with E-state index < -0.39 is 5.91 Å². The van der Waals surface area contributed by atoms with Crippen molar-refractivity contribution in [1.29, 1.82) is 0 Å². The Balaban J connectivity index is 2.24. The van der Waals surface area contributed by atoms with Crippen LogP contribution in [0.5, 0.6) is 0 Å². The number of benzene rings is 1. The molecule has 2 aromatic rings. The van der Waals surface area contributed by atoms with Crippen molar-refractivity contribution in [3.05, 3.63) is 52.4 Å². The summed E-state index contributed by atoms with van der Waals surface area (Å²) in [4.78, 5) is 23.6. The third-order valence-corrected chi connectivity index (χ3v) is 3.15. The van der Waals surface area contributed by atoms with Crippen LogP contribution in [-0.4, -0.2) is 11.7 Å². The summed E-state index contributed by atoms with van der Waals surface area (Å²) >= 11 is 6.02. The second-order valence-electron chi connectivity index (χ2n) is 4.34. The third-order valence-electron chi connectivity index (χ3n) is 2.82. The quantitative estimate of drug-likeness (QED) is 0.863. The summed E-state index contributed by atoms with van der Waals surface area (Å²) in [5, 5.41) is 3.01. The summed E-state index contributed by atoms with van der Waals surface area (Å²) in [6.45, 7) is 3.53. The van der Waals surface area contributed by atoms with E-state index >= 15 is 0 Å². The molecule has 0 unspecified atom stereocenters. The van der Waals surface area contributed by atoms with Crippen LogP contribution in [0.25, 0.3) is 0 Å². The minimum absolute atomic E-state index is 0.00833. The molecule has 1 heterocycles. The van der Waals surface area contributed by atoms with Gasteiger partial charge in [0.15, 0.2) is 11.5 Å². The Morgan fingerprint density at radius 2 is 2.00 bits per heavy atom. The Bertz CT molecular complexity index is 661. The fraction of sp³-hybridized carbons (Fsp3) is 0.200. The topological polar surface area (TPSA) is 59.3 Å². The van der Waals surface area contributed by atoms with E-state index in [0.717, 1.165) is 0 Å². The molecule has 104 valence electrons. The zero-order valence-corrected chi connectivity index (χ0v) is 12.0. The molecule has 4 nitrogen and oxygen atoms in total. The predicted molar refractivity (Wildman–Crippen MR) is 77.5 cm³/mol. The maximum absolute atomic E-state index is 12.0. The molecule has 0 saturated heterocycles. The minimum Gasteiger partial charge on any atom is -0.456 e.